The van der Waals surface area contributed by atoms with Crippen LogP contribution in [0, 0.1) is 0 Å². The molecule has 2 nitrogen and oxygen atoms in total. The summed E-state index contributed by atoms with van der Waals surface area (Å²) < 4.78 is 2.49. The highest BCUT2D eigenvalue weighted by Crippen LogP contribution is 2.58. The van der Waals surface area contributed by atoms with Crippen LogP contribution in [0.1, 0.15) is 39.4 Å². The summed E-state index contributed by atoms with van der Waals surface area (Å²) in [6.45, 7) is 0. The van der Waals surface area contributed by atoms with E-state index in [-0.39, 0.29) is 6.04 Å². The number of rotatable bonds is 6. The first-order chi connectivity index (χ1) is 23.2. The van der Waals surface area contributed by atoms with Crippen LogP contribution in [0.25, 0.3) is 38.6 Å². The van der Waals surface area contributed by atoms with Gasteiger partial charge in [-0.3, -0.25) is 0 Å². The Hall–Kier alpha value is -5.70. The van der Waals surface area contributed by atoms with E-state index in [1.54, 1.807) is 0 Å². The zero-order chi connectivity index (χ0) is 31.4. The lowest BCUT2D eigenvalue weighted by Crippen LogP contribution is -2.29. The van der Waals surface area contributed by atoms with Crippen molar-refractivity contribution in [1.82, 2.24) is 4.57 Å². The van der Waals surface area contributed by atoms with Crippen LogP contribution in [0.5, 0.6) is 0 Å². The number of hydrogen-bond acceptors (Lipinski definition) is 1. The largest absolute Gasteiger partial charge is 0.324 e. The molecule has 0 fully saturated rings. The van der Waals surface area contributed by atoms with Gasteiger partial charge in [0.1, 0.15) is 0 Å². The number of nitrogens with zero attached hydrogens (tertiary/aromatic N) is 1. The molecule has 224 valence electrons. The third-order valence-corrected chi connectivity index (χ3v) is 10.1. The van der Waals surface area contributed by atoms with Gasteiger partial charge in [0, 0.05) is 28.1 Å². The Morgan fingerprint density at radius 3 is 1.81 bits per heavy atom. The Morgan fingerprint density at radius 1 is 0.511 bits per heavy atom. The number of hydrogen-bond donors (Lipinski definition) is 1. The number of benzene rings is 7. The molecule has 0 unspecified atom stereocenters. The van der Waals surface area contributed by atoms with Crippen LogP contribution in [0.15, 0.2) is 176 Å². The normalized spacial score (nSPS) is 13.8. The zero-order valence-corrected chi connectivity index (χ0v) is 26.1. The predicted molar refractivity (Wildman–Crippen MR) is 195 cm³/mol. The van der Waals surface area contributed by atoms with E-state index in [1.165, 1.54) is 60.8 Å². The van der Waals surface area contributed by atoms with Crippen molar-refractivity contribution in [2.75, 3.05) is 0 Å². The van der Waals surface area contributed by atoms with Gasteiger partial charge in [0.2, 0.25) is 0 Å². The van der Waals surface area contributed by atoms with Gasteiger partial charge in [0.05, 0.1) is 16.4 Å². The highest BCUT2D eigenvalue weighted by molar-refractivity contribution is 6.13. The van der Waals surface area contributed by atoms with Crippen LogP contribution in [-0.2, 0) is 11.8 Å². The van der Waals surface area contributed by atoms with E-state index >= 15 is 0 Å². The SMILES string of the molecule is N[C@H](Cc1ccccc1)c1ccc(-n2c3ccccc3c3ccc4c(c32)C(c2ccccc2)(c2ccccc2)c2ccccc2-4)cc1. The maximum absolute atomic E-state index is 6.76. The Kier molecular flexibility index (Phi) is 6.45. The number of aromatic nitrogens is 1. The minimum absolute atomic E-state index is 0.0767. The van der Waals surface area contributed by atoms with Crippen molar-refractivity contribution in [2.24, 2.45) is 5.73 Å². The molecule has 47 heavy (non-hydrogen) atoms. The second-order valence-corrected chi connectivity index (χ2v) is 12.7. The fourth-order valence-electron chi connectivity index (χ4n) is 8.11. The van der Waals surface area contributed by atoms with Gasteiger partial charge in [-0.1, -0.05) is 158 Å². The van der Waals surface area contributed by atoms with E-state index in [9.17, 15) is 0 Å². The molecule has 0 bridgehead atoms. The quantitative estimate of drug-likeness (QED) is 0.202. The Morgan fingerprint density at radius 2 is 1.11 bits per heavy atom. The average molecular weight is 603 g/mol. The van der Waals surface area contributed by atoms with Crippen LogP contribution in [-0.4, -0.2) is 4.57 Å². The van der Waals surface area contributed by atoms with Gasteiger partial charge in [0.25, 0.3) is 0 Å². The third kappa shape index (κ3) is 4.15. The zero-order valence-electron chi connectivity index (χ0n) is 26.1. The molecule has 1 aliphatic rings. The van der Waals surface area contributed by atoms with Gasteiger partial charge >= 0.3 is 0 Å². The van der Waals surface area contributed by atoms with E-state index in [4.69, 9.17) is 5.73 Å². The monoisotopic (exact) mass is 602 g/mol. The minimum atomic E-state index is -0.502. The second kappa shape index (κ2) is 11.0. The van der Waals surface area contributed by atoms with Crippen molar-refractivity contribution < 1.29 is 0 Å². The Labute approximate surface area is 275 Å². The summed E-state index contributed by atoms with van der Waals surface area (Å²) in [5.74, 6) is 0. The lowest BCUT2D eigenvalue weighted by molar-refractivity contribution is 0.722. The summed E-state index contributed by atoms with van der Waals surface area (Å²) in [4.78, 5) is 0. The molecule has 1 aromatic heterocycles. The molecular weight excluding hydrogens is 569 g/mol. The van der Waals surface area contributed by atoms with Crippen LogP contribution >= 0.6 is 0 Å². The topological polar surface area (TPSA) is 30.9 Å². The fourth-order valence-corrected chi connectivity index (χ4v) is 8.11. The summed E-state index contributed by atoms with van der Waals surface area (Å²) in [5, 5.41) is 2.51. The number of fused-ring (bicyclic) bond motifs is 7. The van der Waals surface area contributed by atoms with Crippen LogP contribution in [0.2, 0.25) is 0 Å². The number of nitrogens with two attached hydrogens (primary N) is 1. The molecule has 0 amide bonds. The van der Waals surface area contributed by atoms with E-state index < -0.39 is 5.41 Å². The first-order valence-electron chi connectivity index (χ1n) is 16.4. The van der Waals surface area contributed by atoms with Gasteiger partial charge in [-0.05, 0) is 63.6 Å². The van der Waals surface area contributed by atoms with Crippen molar-refractivity contribution in [3.63, 3.8) is 0 Å². The first-order valence-corrected chi connectivity index (χ1v) is 16.4. The molecule has 0 aliphatic heterocycles. The van der Waals surface area contributed by atoms with Crippen LogP contribution in [0.3, 0.4) is 0 Å². The highest BCUT2D eigenvalue weighted by Gasteiger charge is 2.48. The smallest absolute Gasteiger partial charge is 0.0734 e. The van der Waals surface area contributed by atoms with Crippen molar-refractivity contribution in [3.05, 3.63) is 209 Å². The lowest BCUT2D eigenvalue weighted by Gasteiger charge is -2.34. The lowest BCUT2D eigenvalue weighted by atomic mass is 9.67. The van der Waals surface area contributed by atoms with Gasteiger partial charge in [-0.2, -0.15) is 0 Å². The summed E-state index contributed by atoms with van der Waals surface area (Å²) in [7, 11) is 0. The van der Waals surface area contributed by atoms with Gasteiger partial charge < -0.3 is 10.3 Å². The molecule has 2 heteroatoms. The number of para-hydroxylation sites is 1. The third-order valence-electron chi connectivity index (χ3n) is 10.1. The van der Waals surface area contributed by atoms with Crippen molar-refractivity contribution >= 4 is 21.8 Å². The minimum Gasteiger partial charge on any atom is -0.324 e. The van der Waals surface area contributed by atoms with E-state index in [2.05, 4.69) is 180 Å². The molecular formula is C45H34N2. The Bertz CT molecular complexity index is 2330. The molecule has 8 aromatic rings. The molecule has 1 aliphatic carbocycles. The molecule has 0 radical (unpaired) electrons. The van der Waals surface area contributed by atoms with Crippen LogP contribution < -0.4 is 5.73 Å². The molecule has 0 saturated carbocycles. The molecule has 1 atom stereocenters. The van der Waals surface area contributed by atoms with Gasteiger partial charge in [-0.25, -0.2) is 0 Å². The standard InChI is InChI=1S/C45H34N2/c46-41(30-31-14-4-1-5-15-31)32-24-26-35(27-25-32)47-42-23-13-11-21-37(42)39-29-28-38-36-20-10-12-22-40(36)45(43(38)44(39)47,33-16-6-2-7-17-33)34-18-8-3-9-19-34/h1-29,41H,30,46H2/t41-/m1/s1. The van der Waals surface area contributed by atoms with Gasteiger partial charge in [0.15, 0.2) is 0 Å². The van der Waals surface area contributed by atoms with Crippen molar-refractivity contribution in [3.8, 4) is 16.8 Å². The van der Waals surface area contributed by atoms with Crippen molar-refractivity contribution in [1.29, 1.82) is 0 Å². The molecule has 0 saturated heterocycles. The second-order valence-electron chi connectivity index (χ2n) is 12.7. The van der Waals surface area contributed by atoms with Crippen molar-refractivity contribution in [2.45, 2.75) is 17.9 Å². The van der Waals surface area contributed by atoms with Gasteiger partial charge in [-0.15, -0.1) is 0 Å². The predicted octanol–water partition coefficient (Wildman–Crippen LogP) is 10.4. The van der Waals surface area contributed by atoms with E-state index in [0.29, 0.717) is 0 Å². The fraction of sp³-hybridized carbons (Fsp3) is 0.0667. The van der Waals surface area contributed by atoms with E-state index in [0.717, 1.165) is 17.7 Å². The molecule has 9 rings (SSSR count). The highest BCUT2D eigenvalue weighted by atomic mass is 15.0. The van der Waals surface area contributed by atoms with Crippen LogP contribution in [0.4, 0.5) is 0 Å². The summed E-state index contributed by atoms with van der Waals surface area (Å²) in [5.41, 5.74) is 20.0. The molecule has 7 aromatic carbocycles. The first kappa shape index (κ1) is 27.6. The molecule has 1 heterocycles. The molecule has 2 N–H and O–H groups in total. The summed E-state index contributed by atoms with van der Waals surface area (Å²) in [6.07, 6.45) is 0.804. The van der Waals surface area contributed by atoms with E-state index in [1.807, 2.05) is 0 Å². The summed E-state index contributed by atoms with van der Waals surface area (Å²) in [6, 6.07) is 64.0. The maximum atomic E-state index is 6.76. The summed E-state index contributed by atoms with van der Waals surface area (Å²) >= 11 is 0. The molecule has 0 spiro atoms. The average Bonchev–Trinajstić information content (AvgIpc) is 3.64. The Balaban J connectivity index is 1.35. The maximum Gasteiger partial charge on any atom is 0.0734 e.